The van der Waals surface area contributed by atoms with Gasteiger partial charge in [0.15, 0.2) is 20.4 Å². The molecule has 0 unspecified atom stereocenters. The van der Waals surface area contributed by atoms with E-state index in [-0.39, 0.29) is 0 Å². The SMILES string of the molecule is C1CCOCC1.C1COCOC1.C1COCOC1.C1OCOCO1. The Balaban J connectivity index is 0.000000160. The molecule has 0 aromatic carbocycles. The fourth-order valence-corrected chi connectivity index (χ4v) is 1.85. The highest BCUT2D eigenvalue weighted by Crippen LogP contribution is 2.02. The highest BCUT2D eigenvalue weighted by atomic mass is 16.8. The Labute approximate surface area is 144 Å². The molecule has 4 heterocycles. The maximum atomic E-state index is 5.07. The van der Waals surface area contributed by atoms with Gasteiger partial charge in [-0.3, -0.25) is 0 Å². The van der Waals surface area contributed by atoms with Gasteiger partial charge in [0.2, 0.25) is 0 Å². The van der Waals surface area contributed by atoms with E-state index in [1.54, 1.807) is 0 Å². The van der Waals surface area contributed by atoms with E-state index in [0.29, 0.717) is 34.0 Å². The van der Waals surface area contributed by atoms with Crippen molar-refractivity contribution in [1.29, 1.82) is 0 Å². The standard InChI is InChI=1S/C5H10O.2C4H8O2.C3H6O3/c1-2-4-6-5-3-1;2*1-2-5-4-6-3-1;1-4-2-6-3-5-1/h1-5H2;2*1-4H2;1-3H2. The van der Waals surface area contributed by atoms with E-state index in [1.165, 1.54) is 19.3 Å². The summed E-state index contributed by atoms with van der Waals surface area (Å²) in [7, 11) is 0. The summed E-state index contributed by atoms with van der Waals surface area (Å²) in [4.78, 5) is 0. The highest BCUT2D eigenvalue weighted by Gasteiger charge is 1.96. The molecule has 0 spiro atoms. The minimum absolute atomic E-state index is 0.375. The number of rotatable bonds is 0. The van der Waals surface area contributed by atoms with Crippen LogP contribution in [0.15, 0.2) is 0 Å². The zero-order chi connectivity index (χ0) is 17.0. The Bertz CT molecular complexity index is 132. The Morgan fingerprint density at radius 2 is 0.583 bits per heavy atom. The third-order valence-electron chi connectivity index (χ3n) is 3.07. The van der Waals surface area contributed by atoms with Crippen molar-refractivity contribution >= 4 is 0 Å². The second-order valence-electron chi connectivity index (χ2n) is 5.21. The summed E-state index contributed by atoms with van der Waals surface area (Å²) in [6, 6.07) is 0. The van der Waals surface area contributed by atoms with Gasteiger partial charge in [0.1, 0.15) is 13.6 Å². The molecule has 0 saturated carbocycles. The van der Waals surface area contributed by atoms with Gasteiger partial charge in [-0.15, -0.1) is 0 Å². The summed E-state index contributed by atoms with van der Waals surface area (Å²) in [6.45, 7) is 7.62. The van der Waals surface area contributed by atoms with Crippen molar-refractivity contribution in [2.75, 3.05) is 73.6 Å². The molecule has 4 fully saturated rings. The Hall–Kier alpha value is -0.320. The summed E-state index contributed by atoms with van der Waals surface area (Å²) in [5, 5.41) is 0. The van der Waals surface area contributed by atoms with Gasteiger partial charge in [-0.05, 0) is 32.1 Å². The van der Waals surface area contributed by atoms with Crippen molar-refractivity contribution < 1.29 is 37.9 Å². The maximum Gasteiger partial charge on any atom is 0.152 e. The maximum absolute atomic E-state index is 5.07. The molecule has 8 heteroatoms. The third-order valence-corrected chi connectivity index (χ3v) is 3.07. The molecule has 0 bridgehead atoms. The van der Waals surface area contributed by atoms with Crippen molar-refractivity contribution in [3.05, 3.63) is 0 Å². The monoisotopic (exact) mass is 352 g/mol. The molecular formula is C16H32O8. The van der Waals surface area contributed by atoms with Gasteiger partial charge in [0, 0.05) is 13.2 Å². The highest BCUT2D eigenvalue weighted by molar-refractivity contribution is 4.45. The average Bonchev–Trinajstić information content (AvgIpc) is 2.75. The molecule has 0 radical (unpaired) electrons. The summed E-state index contributed by atoms with van der Waals surface area (Å²) in [6.07, 6.45) is 6.04. The van der Waals surface area contributed by atoms with Crippen LogP contribution in [-0.4, -0.2) is 73.6 Å². The molecule has 0 aliphatic carbocycles. The van der Waals surface area contributed by atoms with Crippen LogP contribution in [0.25, 0.3) is 0 Å². The number of hydrogen-bond donors (Lipinski definition) is 0. The smallest absolute Gasteiger partial charge is 0.152 e. The molecule has 0 N–H and O–H groups in total. The van der Waals surface area contributed by atoms with Crippen LogP contribution >= 0.6 is 0 Å². The molecule has 0 aromatic heterocycles. The zero-order valence-electron chi connectivity index (χ0n) is 14.6. The largest absolute Gasteiger partial charge is 0.381 e. The van der Waals surface area contributed by atoms with E-state index >= 15 is 0 Å². The molecule has 0 atom stereocenters. The van der Waals surface area contributed by atoms with E-state index in [9.17, 15) is 0 Å². The summed E-state index contributed by atoms with van der Waals surface area (Å²) in [5.74, 6) is 0. The number of ether oxygens (including phenoxy) is 8. The van der Waals surface area contributed by atoms with Crippen LogP contribution in [0, 0.1) is 0 Å². The van der Waals surface area contributed by atoms with Crippen LogP contribution in [0.1, 0.15) is 32.1 Å². The first-order valence-corrected chi connectivity index (χ1v) is 8.62. The lowest BCUT2D eigenvalue weighted by atomic mass is 10.2. The Morgan fingerprint density at radius 1 is 0.250 bits per heavy atom. The van der Waals surface area contributed by atoms with Crippen LogP contribution in [0.3, 0.4) is 0 Å². The van der Waals surface area contributed by atoms with E-state index in [4.69, 9.17) is 23.7 Å². The molecule has 8 nitrogen and oxygen atoms in total. The normalized spacial score (nSPS) is 24.0. The minimum Gasteiger partial charge on any atom is -0.381 e. The van der Waals surface area contributed by atoms with Crippen molar-refractivity contribution in [2.45, 2.75) is 32.1 Å². The first-order chi connectivity index (χ1) is 12.0. The van der Waals surface area contributed by atoms with Gasteiger partial charge in [-0.2, -0.15) is 0 Å². The molecular weight excluding hydrogens is 320 g/mol. The second-order valence-corrected chi connectivity index (χ2v) is 5.21. The van der Waals surface area contributed by atoms with Crippen LogP contribution in [-0.2, 0) is 37.9 Å². The van der Waals surface area contributed by atoms with Gasteiger partial charge in [-0.25, -0.2) is 0 Å². The fraction of sp³-hybridized carbons (Fsp3) is 1.00. The lowest BCUT2D eigenvalue weighted by Crippen LogP contribution is -2.14. The predicted octanol–water partition coefficient (Wildman–Crippen LogP) is 1.87. The van der Waals surface area contributed by atoms with Crippen molar-refractivity contribution in [3.63, 3.8) is 0 Å². The van der Waals surface area contributed by atoms with Gasteiger partial charge < -0.3 is 37.9 Å². The Kier molecular flexibility index (Phi) is 17.2. The predicted molar refractivity (Wildman–Crippen MR) is 85.3 cm³/mol. The lowest BCUT2D eigenvalue weighted by molar-refractivity contribution is -0.247. The molecule has 4 rings (SSSR count). The van der Waals surface area contributed by atoms with Crippen LogP contribution in [0.4, 0.5) is 0 Å². The van der Waals surface area contributed by atoms with E-state index in [1.807, 2.05) is 0 Å². The molecule has 4 aliphatic heterocycles. The van der Waals surface area contributed by atoms with Crippen molar-refractivity contribution in [1.82, 2.24) is 0 Å². The Morgan fingerprint density at radius 3 is 0.708 bits per heavy atom. The van der Waals surface area contributed by atoms with Gasteiger partial charge in [0.05, 0.1) is 26.4 Å². The topological polar surface area (TPSA) is 73.8 Å². The third kappa shape index (κ3) is 16.5. The first kappa shape index (κ1) is 21.7. The van der Waals surface area contributed by atoms with Crippen LogP contribution in [0.2, 0.25) is 0 Å². The van der Waals surface area contributed by atoms with Crippen LogP contribution < -0.4 is 0 Å². The molecule has 0 amide bonds. The minimum atomic E-state index is 0.375. The molecule has 24 heavy (non-hydrogen) atoms. The average molecular weight is 352 g/mol. The fourth-order valence-electron chi connectivity index (χ4n) is 1.85. The quantitative estimate of drug-likeness (QED) is 0.654. The molecule has 0 aromatic rings. The molecule has 144 valence electrons. The summed E-state index contributed by atoms with van der Waals surface area (Å²) >= 11 is 0. The van der Waals surface area contributed by atoms with Crippen LogP contribution in [0.5, 0.6) is 0 Å². The molecule has 4 saturated heterocycles. The van der Waals surface area contributed by atoms with E-state index in [0.717, 1.165) is 52.5 Å². The number of hydrogen-bond acceptors (Lipinski definition) is 8. The van der Waals surface area contributed by atoms with Crippen molar-refractivity contribution in [3.8, 4) is 0 Å². The zero-order valence-corrected chi connectivity index (χ0v) is 14.6. The summed E-state index contributed by atoms with van der Waals surface area (Å²) in [5.41, 5.74) is 0. The van der Waals surface area contributed by atoms with Gasteiger partial charge in [0.25, 0.3) is 0 Å². The second kappa shape index (κ2) is 19.0. The molecule has 4 aliphatic rings. The van der Waals surface area contributed by atoms with E-state index < -0.39 is 0 Å². The van der Waals surface area contributed by atoms with E-state index in [2.05, 4.69) is 14.2 Å². The van der Waals surface area contributed by atoms with Crippen molar-refractivity contribution in [2.24, 2.45) is 0 Å². The van der Waals surface area contributed by atoms with Gasteiger partial charge in [-0.1, -0.05) is 0 Å². The van der Waals surface area contributed by atoms with Gasteiger partial charge >= 0.3 is 0 Å². The first-order valence-electron chi connectivity index (χ1n) is 8.62. The summed E-state index contributed by atoms with van der Waals surface area (Å²) < 4.78 is 38.3. The lowest BCUT2D eigenvalue weighted by Gasteiger charge is -2.10.